The normalized spacial score (nSPS) is 17.0. The molecule has 1 unspecified atom stereocenters. The van der Waals surface area contributed by atoms with Crippen molar-refractivity contribution in [3.05, 3.63) is 41.9 Å². The van der Waals surface area contributed by atoms with E-state index in [1.807, 2.05) is 38.1 Å². The van der Waals surface area contributed by atoms with Crippen LogP contribution in [0.4, 0.5) is 11.5 Å². The molecule has 1 aliphatic heterocycles. The molecule has 1 amide bonds. The van der Waals surface area contributed by atoms with E-state index in [4.69, 9.17) is 4.74 Å². The number of amides is 1. The Kier molecular flexibility index (Phi) is 5.71. The lowest BCUT2D eigenvalue weighted by molar-refractivity contribution is 0.102. The van der Waals surface area contributed by atoms with Gasteiger partial charge >= 0.3 is 0 Å². The van der Waals surface area contributed by atoms with Gasteiger partial charge in [0.2, 0.25) is 0 Å². The summed E-state index contributed by atoms with van der Waals surface area (Å²) in [6.07, 6.45) is 2.38. The molecule has 6 nitrogen and oxygen atoms in total. The Morgan fingerprint density at radius 1 is 1.35 bits per heavy atom. The summed E-state index contributed by atoms with van der Waals surface area (Å²) >= 11 is 0. The number of rotatable bonds is 5. The minimum atomic E-state index is -0.256. The Bertz CT molecular complexity index is 778. The molecule has 0 radical (unpaired) electrons. The van der Waals surface area contributed by atoms with Crippen LogP contribution < -0.4 is 15.0 Å². The molecular weight excluding hydrogens is 328 g/mol. The SMILES string of the molecule is CCOc1ccccc1NC(=O)c1cc(N2CCCC(C)C2)nc(C)n1. The number of hydrogen-bond acceptors (Lipinski definition) is 5. The zero-order valence-corrected chi connectivity index (χ0v) is 15.7. The molecule has 1 aliphatic rings. The van der Waals surface area contributed by atoms with Crippen LogP contribution in [0.25, 0.3) is 0 Å². The number of para-hydroxylation sites is 2. The summed E-state index contributed by atoms with van der Waals surface area (Å²) in [6, 6.07) is 9.19. The molecule has 1 fully saturated rings. The Balaban J connectivity index is 1.81. The maximum absolute atomic E-state index is 12.7. The van der Waals surface area contributed by atoms with Crippen molar-refractivity contribution in [1.29, 1.82) is 0 Å². The minimum absolute atomic E-state index is 0.256. The lowest BCUT2D eigenvalue weighted by Crippen LogP contribution is -2.35. The van der Waals surface area contributed by atoms with E-state index in [1.165, 1.54) is 6.42 Å². The van der Waals surface area contributed by atoms with Gasteiger partial charge in [0.05, 0.1) is 12.3 Å². The van der Waals surface area contributed by atoms with E-state index in [-0.39, 0.29) is 5.91 Å². The highest BCUT2D eigenvalue weighted by molar-refractivity contribution is 6.04. The van der Waals surface area contributed by atoms with E-state index in [1.54, 1.807) is 6.07 Å². The van der Waals surface area contributed by atoms with Gasteiger partial charge in [0.1, 0.15) is 23.1 Å². The highest BCUT2D eigenvalue weighted by atomic mass is 16.5. The van der Waals surface area contributed by atoms with E-state index in [0.29, 0.717) is 35.5 Å². The van der Waals surface area contributed by atoms with Crippen LogP contribution in [0.15, 0.2) is 30.3 Å². The molecule has 0 bridgehead atoms. The molecular formula is C20H26N4O2. The van der Waals surface area contributed by atoms with Gasteiger partial charge in [0.15, 0.2) is 0 Å². The number of ether oxygens (including phenoxy) is 1. The van der Waals surface area contributed by atoms with Crippen LogP contribution in [-0.2, 0) is 0 Å². The summed E-state index contributed by atoms with van der Waals surface area (Å²) in [5.41, 5.74) is 1.01. The first-order chi connectivity index (χ1) is 12.6. The van der Waals surface area contributed by atoms with Crippen LogP contribution in [-0.4, -0.2) is 35.6 Å². The average molecular weight is 354 g/mol. The molecule has 6 heteroatoms. The van der Waals surface area contributed by atoms with Gasteiger partial charge in [-0.1, -0.05) is 19.1 Å². The van der Waals surface area contributed by atoms with Crippen LogP contribution in [0.2, 0.25) is 0 Å². The summed E-state index contributed by atoms with van der Waals surface area (Å²) in [7, 11) is 0. The fraction of sp³-hybridized carbons (Fsp3) is 0.450. The zero-order chi connectivity index (χ0) is 18.5. The van der Waals surface area contributed by atoms with Gasteiger partial charge in [0, 0.05) is 19.2 Å². The van der Waals surface area contributed by atoms with Crippen molar-refractivity contribution in [1.82, 2.24) is 9.97 Å². The number of nitrogens with one attached hydrogen (secondary N) is 1. The molecule has 2 aromatic rings. The number of aromatic nitrogens is 2. The third kappa shape index (κ3) is 4.31. The summed E-state index contributed by atoms with van der Waals surface area (Å²) in [5.74, 6) is 2.46. The highest BCUT2D eigenvalue weighted by Gasteiger charge is 2.20. The van der Waals surface area contributed by atoms with Crippen molar-refractivity contribution < 1.29 is 9.53 Å². The van der Waals surface area contributed by atoms with E-state index < -0.39 is 0 Å². The lowest BCUT2D eigenvalue weighted by atomic mass is 10.0. The molecule has 0 saturated carbocycles. The first-order valence-corrected chi connectivity index (χ1v) is 9.20. The molecule has 26 heavy (non-hydrogen) atoms. The standard InChI is InChI=1S/C20H26N4O2/c1-4-26-18-10-6-5-9-16(18)23-20(25)17-12-19(22-15(3)21-17)24-11-7-8-14(2)13-24/h5-6,9-10,12,14H,4,7-8,11,13H2,1-3H3,(H,23,25). The third-order valence-corrected chi connectivity index (χ3v) is 4.47. The van der Waals surface area contributed by atoms with Crippen molar-refractivity contribution in [2.75, 3.05) is 29.9 Å². The topological polar surface area (TPSA) is 67.3 Å². The van der Waals surface area contributed by atoms with Crippen LogP contribution in [0.3, 0.4) is 0 Å². The van der Waals surface area contributed by atoms with Crippen molar-refractivity contribution in [3.63, 3.8) is 0 Å². The van der Waals surface area contributed by atoms with Gasteiger partial charge in [-0.25, -0.2) is 9.97 Å². The Labute approximate surface area is 154 Å². The van der Waals surface area contributed by atoms with Crippen molar-refractivity contribution in [3.8, 4) is 5.75 Å². The fourth-order valence-electron chi connectivity index (χ4n) is 3.27. The molecule has 138 valence electrons. The van der Waals surface area contributed by atoms with Gasteiger partial charge in [-0.15, -0.1) is 0 Å². The fourth-order valence-corrected chi connectivity index (χ4v) is 3.27. The van der Waals surface area contributed by atoms with Gasteiger partial charge in [-0.3, -0.25) is 4.79 Å². The lowest BCUT2D eigenvalue weighted by Gasteiger charge is -2.32. The van der Waals surface area contributed by atoms with E-state index in [0.717, 1.165) is 25.3 Å². The van der Waals surface area contributed by atoms with Crippen LogP contribution in [0.1, 0.15) is 43.0 Å². The minimum Gasteiger partial charge on any atom is -0.492 e. The number of aryl methyl sites for hydroxylation is 1. The zero-order valence-electron chi connectivity index (χ0n) is 15.7. The average Bonchev–Trinajstić information content (AvgIpc) is 2.63. The molecule has 1 saturated heterocycles. The van der Waals surface area contributed by atoms with E-state index in [2.05, 4.69) is 27.1 Å². The van der Waals surface area contributed by atoms with Crippen LogP contribution in [0, 0.1) is 12.8 Å². The Morgan fingerprint density at radius 2 is 2.15 bits per heavy atom. The maximum atomic E-state index is 12.7. The predicted molar refractivity (Wildman–Crippen MR) is 103 cm³/mol. The Morgan fingerprint density at radius 3 is 2.92 bits per heavy atom. The monoisotopic (exact) mass is 354 g/mol. The van der Waals surface area contributed by atoms with E-state index in [9.17, 15) is 4.79 Å². The molecule has 1 atom stereocenters. The first-order valence-electron chi connectivity index (χ1n) is 9.20. The molecule has 1 aromatic carbocycles. The summed E-state index contributed by atoms with van der Waals surface area (Å²) in [4.78, 5) is 23.9. The number of hydrogen-bond donors (Lipinski definition) is 1. The number of anilines is 2. The van der Waals surface area contributed by atoms with Crippen molar-refractivity contribution in [2.45, 2.75) is 33.6 Å². The molecule has 1 aromatic heterocycles. The van der Waals surface area contributed by atoms with Crippen molar-refractivity contribution in [2.24, 2.45) is 5.92 Å². The third-order valence-electron chi connectivity index (χ3n) is 4.47. The van der Waals surface area contributed by atoms with Gasteiger partial charge in [0.25, 0.3) is 5.91 Å². The number of carbonyl (C=O) groups excluding carboxylic acids is 1. The maximum Gasteiger partial charge on any atom is 0.274 e. The number of piperidine rings is 1. The molecule has 0 aliphatic carbocycles. The molecule has 2 heterocycles. The highest BCUT2D eigenvalue weighted by Crippen LogP contribution is 2.25. The second-order valence-electron chi connectivity index (χ2n) is 6.74. The van der Waals surface area contributed by atoms with Gasteiger partial charge in [-0.05, 0) is 44.7 Å². The van der Waals surface area contributed by atoms with E-state index >= 15 is 0 Å². The number of carbonyl (C=O) groups is 1. The predicted octanol–water partition coefficient (Wildman–Crippen LogP) is 3.67. The van der Waals surface area contributed by atoms with Gasteiger partial charge in [-0.2, -0.15) is 0 Å². The van der Waals surface area contributed by atoms with Crippen molar-refractivity contribution >= 4 is 17.4 Å². The number of benzene rings is 1. The van der Waals surface area contributed by atoms with Gasteiger partial charge < -0.3 is 15.0 Å². The summed E-state index contributed by atoms with van der Waals surface area (Å²) in [6.45, 7) is 8.45. The smallest absolute Gasteiger partial charge is 0.274 e. The largest absolute Gasteiger partial charge is 0.492 e. The van der Waals surface area contributed by atoms with Crippen LogP contribution >= 0.6 is 0 Å². The summed E-state index contributed by atoms with van der Waals surface area (Å²) < 4.78 is 5.57. The molecule has 0 spiro atoms. The second-order valence-corrected chi connectivity index (χ2v) is 6.74. The quantitative estimate of drug-likeness (QED) is 0.887. The Hall–Kier alpha value is -2.63. The van der Waals surface area contributed by atoms with Crippen LogP contribution in [0.5, 0.6) is 5.75 Å². The second kappa shape index (κ2) is 8.17. The summed E-state index contributed by atoms with van der Waals surface area (Å²) in [5, 5.41) is 2.91. The molecule has 1 N–H and O–H groups in total. The first kappa shape index (κ1) is 18.2. The molecule has 3 rings (SSSR count). The number of nitrogens with zero attached hydrogens (tertiary/aromatic N) is 3.